The lowest BCUT2D eigenvalue weighted by Crippen LogP contribution is -2.36. The molecule has 5 heteroatoms. The van der Waals surface area contributed by atoms with E-state index in [1.54, 1.807) is 6.07 Å². The molecule has 25 heavy (non-hydrogen) atoms. The molecule has 1 aliphatic rings. The summed E-state index contributed by atoms with van der Waals surface area (Å²) in [6, 6.07) is 13.9. The lowest BCUT2D eigenvalue weighted by Gasteiger charge is -2.26. The largest absolute Gasteiger partial charge is 0.488 e. The number of fused-ring (bicyclic) bond motifs is 1. The number of benzene rings is 2. The van der Waals surface area contributed by atoms with E-state index < -0.39 is 0 Å². The first-order chi connectivity index (χ1) is 12.0. The van der Waals surface area contributed by atoms with Crippen molar-refractivity contribution in [3.8, 4) is 5.75 Å². The molecule has 0 bridgehead atoms. The number of amides is 1. The first-order valence-corrected chi connectivity index (χ1v) is 8.17. The van der Waals surface area contributed by atoms with Gasteiger partial charge in [-0.15, -0.1) is 0 Å². The first kappa shape index (κ1) is 17.2. The molecule has 1 amide bonds. The van der Waals surface area contributed by atoms with Crippen LogP contribution in [0.3, 0.4) is 0 Å². The highest BCUT2D eigenvalue weighted by Gasteiger charge is 2.20. The van der Waals surface area contributed by atoms with Crippen LogP contribution in [-0.2, 0) is 4.79 Å². The van der Waals surface area contributed by atoms with E-state index in [9.17, 15) is 9.18 Å². The van der Waals surface area contributed by atoms with Crippen LogP contribution in [-0.4, -0.2) is 38.1 Å². The number of nitrogens with zero attached hydrogens (tertiary/aromatic N) is 1. The van der Waals surface area contributed by atoms with Gasteiger partial charge >= 0.3 is 0 Å². The van der Waals surface area contributed by atoms with Crippen molar-refractivity contribution in [1.29, 1.82) is 0 Å². The lowest BCUT2D eigenvalue weighted by molar-refractivity contribution is -0.118. The Balaban J connectivity index is 1.69. The number of hydrogen-bond donors (Lipinski definition) is 1. The van der Waals surface area contributed by atoms with Crippen molar-refractivity contribution in [3.63, 3.8) is 0 Å². The van der Waals surface area contributed by atoms with Crippen LogP contribution in [0.2, 0.25) is 0 Å². The first-order valence-electron chi connectivity index (χ1n) is 8.17. The molecule has 4 nitrogen and oxygen atoms in total. The zero-order valence-electron chi connectivity index (χ0n) is 14.3. The Morgan fingerprint density at radius 1 is 1.24 bits per heavy atom. The molecule has 2 aromatic carbocycles. The van der Waals surface area contributed by atoms with Gasteiger partial charge in [0.2, 0.25) is 0 Å². The van der Waals surface area contributed by atoms with Gasteiger partial charge in [0, 0.05) is 12.1 Å². The van der Waals surface area contributed by atoms with Crippen LogP contribution >= 0.6 is 0 Å². The molecule has 1 atom stereocenters. The summed E-state index contributed by atoms with van der Waals surface area (Å²) in [7, 11) is 3.81. The van der Waals surface area contributed by atoms with E-state index in [2.05, 4.69) is 5.32 Å². The smallest absolute Gasteiger partial charge is 0.250 e. The summed E-state index contributed by atoms with van der Waals surface area (Å²) in [6.07, 6.45) is 1.85. The number of para-hydroxylation sites is 1. The van der Waals surface area contributed by atoms with Gasteiger partial charge in [-0.25, -0.2) is 4.39 Å². The second-order valence-electron chi connectivity index (χ2n) is 6.24. The van der Waals surface area contributed by atoms with Crippen molar-refractivity contribution in [2.24, 2.45) is 0 Å². The fourth-order valence-corrected chi connectivity index (χ4v) is 2.86. The fraction of sp³-hybridized carbons (Fsp3) is 0.250. The monoisotopic (exact) mass is 340 g/mol. The van der Waals surface area contributed by atoms with Crippen molar-refractivity contribution < 1.29 is 13.9 Å². The third-order valence-corrected chi connectivity index (χ3v) is 4.24. The predicted octanol–water partition coefficient (Wildman–Crippen LogP) is 3.02. The van der Waals surface area contributed by atoms with E-state index in [4.69, 9.17) is 4.74 Å². The van der Waals surface area contributed by atoms with Crippen LogP contribution in [0.15, 0.2) is 54.1 Å². The van der Waals surface area contributed by atoms with Crippen molar-refractivity contribution in [3.05, 3.63) is 71.0 Å². The molecule has 0 saturated carbocycles. The molecule has 0 aliphatic carbocycles. The van der Waals surface area contributed by atoms with E-state index in [-0.39, 0.29) is 24.4 Å². The minimum atomic E-state index is -0.282. The highest BCUT2D eigenvalue weighted by molar-refractivity contribution is 5.99. The topological polar surface area (TPSA) is 41.6 Å². The molecule has 3 rings (SSSR count). The minimum Gasteiger partial charge on any atom is -0.488 e. The van der Waals surface area contributed by atoms with Crippen molar-refractivity contribution in [2.45, 2.75) is 6.04 Å². The molecular formula is C20H21FN2O2. The molecule has 1 heterocycles. The highest BCUT2D eigenvalue weighted by atomic mass is 19.1. The number of rotatable bonds is 5. The van der Waals surface area contributed by atoms with Gasteiger partial charge in [0.1, 0.15) is 18.2 Å². The Labute approximate surface area is 146 Å². The molecule has 130 valence electrons. The fourth-order valence-electron chi connectivity index (χ4n) is 2.86. The Kier molecular flexibility index (Phi) is 5.14. The van der Waals surface area contributed by atoms with Gasteiger partial charge < -0.3 is 15.0 Å². The zero-order valence-corrected chi connectivity index (χ0v) is 14.3. The Bertz CT molecular complexity index is 802. The maximum Gasteiger partial charge on any atom is 0.250 e. The average Bonchev–Trinajstić information content (AvgIpc) is 2.61. The number of carbonyl (C=O) groups excluding carboxylic acids is 1. The molecule has 0 radical (unpaired) electrons. The molecular weight excluding hydrogens is 319 g/mol. The third-order valence-electron chi connectivity index (χ3n) is 4.24. The summed E-state index contributed by atoms with van der Waals surface area (Å²) >= 11 is 0. The molecule has 1 aliphatic heterocycles. The minimum absolute atomic E-state index is 0.114. The van der Waals surface area contributed by atoms with Crippen LogP contribution < -0.4 is 10.1 Å². The van der Waals surface area contributed by atoms with Crippen LogP contribution in [0.4, 0.5) is 4.39 Å². The quantitative estimate of drug-likeness (QED) is 0.910. The van der Waals surface area contributed by atoms with Crippen LogP contribution in [0.5, 0.6) is 5.75 Å². The van der Waals surface area contributed by atoms with Crippen molar-refractivity contribution in [1.82, 2.24) is 10.2 Å². The van der Waals surface area contributed by atoms with E-state index in [1.165, 1.54) is 12.1 Å². The van der Waals surface area contributed by atoms with Gasteiger partial charge in [0.15, 0.2) is 0 Å². The summed E-state index contributed by atoms with van der Waals surface area (Å²) in [6.45, 7) is 0.629. The Morgan fingerprint density at radius 3 is 2.80 bits per heavy atom. The van der Waals surface area contributed by atoms with Gasteiger partial charge in [-0.05, 0) is 43.9 Å². The van der Waals surface area contributed by atoms with E-state index >= 15 is 0 Å². The number of hydrogen-bond acceptors (Lipinski definition) is 3. The van der Waals surface area contributed by atoms with E-state index in [0.717, 1.165) is 16.9 Å². The second-order valence-corrected chi connectivity index (χ2v) is 6.24. The van der Waals surface area contributed by atoms with E-state index in [0.29, 0.717) is 12.1 Å². The molecule has 0 aromatic heterocycles. The third kappa shape index (κ3) is 4.06. The maximum atomic E-state index is 13.5. The van der Waals surface area contributed by atoms with Gasteiger partial charge in [0.05, 0.1) is 11.6 Å². The Hall–Kier alpha value is -2.66. The normalized spacial score (nSPS) is 14.3. The molecule has 1 unspecified atom stereocenters. The van der Waals surface area contributed by atoms with Crippen molar-refractivity contribution >= 4 is 12.0 Å². The van der Waals surface area contributed by atoms with E-state index in [1.807, 2.05) is 55.4 Å². The van der Waals surface area contributed by atoms with Gasteiger partial charge in [-0.3, -0.25) is 4.79 Å². The predicted molar refractivity (Wildman–Crippen MR) is 95.8 cm³/mol. The summed E-state index contributed by atoms with van der Waals surface area (Å²) in [5.41, 5.74) is 2.30. The Morgan fingerprint density at radius 2 is 2.04 bits per heavy atom. The molecule has 0 spiro atoms. The van der Waals surface area contributed by atoms with Gasteiger partial charge in [-0.2, -0.15) is 0 Å². The maximum absolute atomic E-state index is 13.5. The SMILES string of the molecule is CN(C)C(CNC(=O)C1=Cc2ccccc2OC1)c1cccc(F)c1. The molecule has 2 aromatic rings. The highest BCUT2D eigenvalue weighted by Crippen LogP contribution is 2.26. The number of ether oxygens (including phenoxy) is 1. The summed E-state index contributed by atoms with van der Waals surface area (Å²) in [5.74, 6) is 0.332. The number of likely N-dealkylation sites (N-methyl/N-ethyl adjacent to an activating group) is 1. The summed E-state index contributed by atoms with van der Waals surface area (Å²) in [4.78, 5) is 14.4. The summed E-state index contributed by atoms with van der Waals surface area (Å²) in [5, 5.41) is 2.93. The lowest BCUT2D eigenvalue weighted by atomic mass is 10.0. The van der Waals surface area contributed by atoms with Gasteiger partial charge in [-0.1, -0.05) is 30.3 Å². The molecule has 0 fully saturated rings. The molecule has 1 N–H and O–H groups in total. The standard InChI is InChI=1S/C20H21FN2O2/c1-23(2)18(14-7-5-8-17(21)11-14)12-22-20(24)16-10-15-6-3-4-9-19(15)25-13-16/h3-11,18H,12-13H2,1-2H3,(H,22,24). The number of carbonyl (C=O) groups is 1. The van der Waals surface area contributed by atoms with Crippen molar-refractivity contribution in [2.75, 3.05) is 27.2 Å². The zero-order chi connectivity index (χ0) is 17.8. The second kappa shape index (κ2) is 7.49. The summed E-state index contributed by atoms with van der Waals surface area (Å²) < 4.78 is 19.1. The van der Waals surface area contributed by atoms with Crippen LogP contribution in [0, 0.1) is 5.82 Å². The van der Waals surface area contributed by atoms with Crippen LogP contribution in [0.25, 0.3) is 6.08 Å². The number of nitrogens with one attached hydrogen (secondary N) is 1. The number of halogens is 1. The average molecular weight is 340 g/mol. The molecule has 0 saturated heterocycles. The van der Waals surface area contributed by atoms with Crippen LogP contribution in [0.1, 0.15) is 17.2 Å². The van der Waals surface area contributed by atoms with Gasteiger partial charge in [0.25, 0.3) is 5.91 Å².